The van der Waals surface area contributed by atoms with Crippen LogP contribution in [0.5, 0.6) is 0 Å². The quantitative estimate of drug-likeness (QED) is 0.868. The van der Waals surface area contributed by atoms with Crippen molar-refractivity contribution in [1.82, 2.24) is 9.55 Å². The van der Waals surface area contributed by atoms with Gasteiger partial charge in [-0.05, 0) is 24.5 Å². The molecule has 1 heterocycles. The SMILES string of the molecule is Cc1ccccc1Nc1nccn1CC(C)C. The molecule has 1 N–H and O–H groups in total. The van der Waals surface area contributed by atoms with Gasteiger partial charge in [0.25, 0.3) is 0 Å². The first-order valence-electron chi connectivity index (χ1n) is 6.00. The van der Waals surface area contributed by atoms with Crippen LogP contribution in [-0.2, 0) is 6.54 Å². The van der Waals surface area contributed by atoms with Crippen LogP contribution in [0.15, 0.2) is 36.7 Å². The molecular formula is C14H19N3. The van der Waals surface area contributed by atoms with Crippen LogP contribution >= 0.6 is 0 Å². The van der Waals surface area contributed by atoms with E-state index in [-0.39, 0.29) is 0 Å². The molecule has 0 aliphatic rings. The van der Waals surface area contributed by atoms with E-state index in [2.05, 4.69) is 47.8 Å². The lowest BCUT2D eigenvalue weighted by molar-refractivity contribution is 0.527. The van der Waals surface area contributed by atoms with Gasteiger partial charge in [0.2, 0.25) is 5.95 Å². The van der Waals surface area contributed by atoms with Gasteiger partial charge in [0.1, 0.15) is 0 Å². The largest absolute Gasteiger partial charge is 0.325 e. The maximum absolute atomic E-state index is 4.36. The number of nitrogens with one attached hydrogen (secondary N) is 1. The summed E-state index contributed by atoms with van der Waals surface area (Å²) in [6.07, 6.45) is 3.85. The molecule has 1 aromatic heterocycles. The standard InChI is InChI=1S/C14H19N3/c1-11(2)10-17-9-8-15-14(17)16-13-7-5-4-6-12(13)3/h4-9,11H,10H2,1-3H3,(H,15,16). The van der Waals surface area contributed by atoms with E-state index >= 15 is 0 Å². The number of anilines is 2. The molecule has 3 nitrogen and oxygen atoms in total. The Kier molecular flexibility index (Phi) is 3.47. The second kappa shape index (κ2) is 5.04. The molecule has 0 spiro atoms. The molecule has 0 atom stereocenters. The zero-order valence-corrected chi connectivity index (χ0v) is 10.6. The Bertz CT molecular complexity index is 486. The van der Waals surface area contributed by atoms with Crippen molar-refractivity contribution in [3.8, 4) is 0 Å². The zero-order valence-electron chi connectivity index (χ0n) is 10.6. The van der Waals surface area contributed by atoms with E-state index in [1.165, 1.54) is 5.56 Å². The van der Waals surface area contributed by atoms with Gasteiger partial charge in [-0.2, -0.15) is 0 Å². The lowest BCUT2D eigenvalue weighted by atomic mass is 10.2. The Hall–Kier alpha value is -1.77. The van der Waals surface area contributed by atoms with Crippen LogP contribution in [0.25, 0.3) is 0 Å². The number of benzene rings is 1. The maximum Gasteiger partial charge on any atom is 0.207 e. The highest BCUT2D eigenvalue weighted by Crippen LogP contribution is 2.19. The third-order valence-electron chi connectivity index (χ3n) is 2.67. The second-order valence-electron chi connectivity index (χ2n) is 4.74. The summed E-state index contributed by atoms with van der Waals surface area (Å²) in [4.78, 5) is 4.36. The summed E-state index contributed by atoms with van der Waals surface area (Å²) in [6.45, 7) is 7.49. The summed E-state index contributed by atoms with van der Waals surface area (Å²) in [5.74, 6) is 1.52. The molecule has 90 valence electrons. The fourth-order valence-electron chi connectivity index (χ4n) is 1.81. The van der Waals surface area contributed by atoms with E-state index in [1.807, 2.05) is 24.5 Å². The topological polar surface area (TPSA) is 29.9 Å². The third kappa shape index (κ3) is 2.87. The predicted octanol–water partition coefficient (Wildman–Crippen LogP) is 3.59. The van der Waals surface area contributed by atoms with Crippen LogP contribution in [0.2, 0.25) is 0 Å². The summed E-state index contributed by atoms with van der Waals surface area (Å²) >= 11 is 0. The Balaban J connectivity index is 2.19. The van der Waals surface area contributed by atoms with Crippen molar-refractivity contribution in [3.05, 3.63) is 42.2 Å². The van der Waals surface area contributed by atoms with Gasteiger partial charge in [-0.15, -0.1) is 0 Å². The van der Waals surface area contributed by atoms with Gasteiger partial charge >= 0.3 is 0 Å². The maximum atomic E-state index is 4.36. The Morgan fingerprint density at radius 1 is 1.29 bits per heavy atom. The minimum absolute atomic E-state index is 0.613. The average molecular weight is 229 g/mol. The van der Waals surface area contributed by atoms with Crippen molar-refractivity contribution in [3.63, 3.8) is 0 Å². The van der Waals surface area contributed by atoms with Gasteiger partial charge in [-0.3, -0.25) is 0 Å². The fraction of sp³-hybridized carbons (Fsp3) is 0.357. The molecule has 0 saturated carbocycles. The average Bonchev–Trinajstić information content (AvgIpc) is 2.68. The van der Waals surface area contributed by atoms with Crippen LogP contribution in [0.3, 0.4) is 0 Å². The van der Waals surface area contributed by atoms with Gasteiger partial charge in [-0.1, -0.05) is 32.0 Å². The van der Waals surface area contributed by atoms with Gasteiger partial charge in [-0.25, -0.2) is 4.98 Å². The van der Waals surface area contributed by atoms with Crippen molar-refractivity contribution >= 4 is 11.6 Å². The first kappa shape index (κ1) is 11.7. The summed E-state index contributed by atoms with van der Waals surface area (Å²) in [6, 6.07) is 8.24. The molecule has 0 radical (unpaired) electrons. The van der Waals surface area contributed by atoms with E-state index in [0.29, 0.717) is 5.92 Å². The zero-order chi connectivity index (χ0) is 12.3. The molecule has 17 heavy (non-hydrogen) atoms. The molecule has 0 aliphatic heterocycles. The Labute approximate surface area is 103 Å². The van der Waals surface area contributed by atoms with Crippen molar-refractivity contribution in [1.29, 1.82) is 0 Å². The van der Waals surface area contributed by atoms with Gasteiger partial charge in [0.15, 0.2) is 0 Å². The van der Waals surface area contributed by atoms with E-state index in [9.17, 15) is 0 Å². The number of aromatic nitrogens is 2. The summed E-state index contributed by atoms with van der Waals surface area (Å²) in [7, 11) is 0. The number of imidazole rings is 1. The first-order valence-corrected chi connectivity index (χ1v) is 6.00. The molecule has 2 aromatic rings. The number of rotatable bonds is 4. The van der Waals surface area contributed by atoms with Crippen molar-refractivity contribution in [2.24, 2.45) is 5.92 Å². The van der Waals surface area contributed by atoms with E-state index in [1.54, 1.807) is 0 Å². The van der Waals surface area contributed by atoms with Gasteiger partial charge in [0.05, 0.1) is 0 Å². The van der Waals surface area contributed by atoms with Crippen LogP contribution in [0.1, 0.15) is 19.4 Å². The van der Waals surface area contributed by atoms with Crippen molar-refractivity contribution in [2.75, 3.05) is 5.32 Å². The highest BCUT2D eigenvalue weighted by atomic mass is 15.2. The molecule has 0 aliphatic carbocycles. The highest BCUT2D eigenvalue weighted by Gasteiger charge is 2.05. The molecule has 0 unspecified atom stereocenters. The number of para-hydroxylation sites is 1. The summed E-state index contributed by atoms with van der Waals surface area (Å²) < 4.78 is 2.15. The van der Waals surface area contributed by atoms with E-state index in [0.717, 1.165) is 18.2 Å². The molecule has 3 heteroatoms. The second-order valence-corrected chi connectivity index (χ2v) is 4.74. The van der Waals surface area contributed by atoms with Crippen molar-refractivity contribution < 1.29 is 0 Å². The van der Waals surface area contributed by atoms with Crippen LogP contribution in [0, 0.1) is 12.8 Å². The first-order chi connectivity index (χ1) is 8.16. The van der Waals surface area contributed by atoms with Crippen molar-refractivity contribution in [2.45, 2.75) is 27.3 Å². The molecule has 0 bridgehead atoms. The molecule has 0 fully saturated rings. The molecule has 0 amide bonds. The molecular weight excluding hydrogens is 210 g/mol. The van der Waals surface area contributed by atoms with Gasteiger partial charge < -0.3 is 9.88 Å². The van der Waals surface area contributed by atoms with E-state index < -0.39 is 0 Å². The number of hydrogen-bond donors (Lipinski definition) is 1. The third-order valence-corrected chi connectivity index (χ3v) is 2.67. The highest BCUT2D eigenvalue weighted by molar-refractivity contribution is 5.58. The van der Waals surface area contributed by atoms with Gasteiger partial charge in [0, 0.05) is 24.6 Å². The summed E-state index contributed by atoms with van der Waals surface area (Å²) in [5, 5.41) is 3.38. The number of nitrogens with zero attached hydrogens (tertiary/aromatic N) is 2. The normalized spacial score (nSPS) is 10.8. The number of aryl methyl sites for hydroxylation is 1. The Morgan fingerprint density at radius 3 is 2.76 bits per heavy atom. The molecule has 2 rings (SSSR count). The van der Waals surface area contributed by atoms with Crippen LogP contribution in [0.4, 0.5) is 11.6 Å². The smallest absolute Gasteiger partial charge is 0.207 e. The lowest BCUT2D eigenvalue weighted by Gasteiger charge is -2.13. The predicted molar refractivity (Wildman–Crippen MR) is 71.5 cm³/mol. The molecule has 1 aromatic carbocycles. The van der Waals surface area contributed by atoms with Crippen LogP contribution < -0.4 is 5.32 Å². The minimum Gasteiger partial charge on any atom is -0.325 e. The van der Waals surface area contributed by atoms with E-state index in [4.69, 9.17) is 0 Å². The van der Waals surface area contributed by atoms with Crippen LogP contribution in [-0.4, -0.2) is 9.55 Å². The number of hydrogen-bond acceptors (Lipinski definition) is 2. The fourth-order valence-corrected chi connectivity index (χ4v) is 1.81. The molecule has 0 saturated heterocycles. The minimum atomic E-state index is 0.613. The Morgan fingerprint density at radius 2 is 2.06 bits per heavy atom. The summed E-state index contributed by atoms with van der Waals surface area (Å²) in [5.41, 5.74) is 2.34. The lowest BCUT2D eigenvalue weighted by Crippen LogP contribution is -2.07. The monoisotopic (exact) mass is 229 g/mol.